The van der Waals surface area contributed by atoms with Crippen molar-refractivity contribution in [3.8, 4) is 5.75 Å². The van der Waals surface area contributed by atoms with Crippen LogP contribution in [0.25, 0.3) is 0 Å². The van der Waals surface area contributed by atoms with Gasteiger partial charge in [-0.2, -0.15) is 21.4 Å². The number of hydrogen-bond acceptors (Lipinski definition) is 2. The summed E-state index contributed by atoms with van der Waals surface area (Å²) < 4.78 is 28.3. The van der Waals surface area contributed by atoms with Crippen molar-refractivity contribution in [3.05, 3.63) is 29.3 Å². The van der Waals surface area contributed by atoms with Gasteiger partial charge in [0.1, 0.15) is 5.75 Å². The summed E-state index contributed by atoms with van der Waals surface area (Å²) in [5.41, 5.74) is 1.68. The molecule has 0 aliphatic carbocycles. The Morgan fingerprint density at radius 1 is 1.43 bits per heavy atom. The number of rotatable bonds is 4. The van der Waals surface area contributed by atoms with Gasteiger partial charge in [0.25, 0.3) is 0 Å². The molecule has 0 radical (unpaired) electrons. The molecule has 0 atom stereocenters. The lowest BCUT2D eigenvalue weighted by molar-refractivity contribution is -0.0503. The van der Waals surface area contributed by atoms with Crippen LogP contribution in [0.2, 0.25) is 0 Å². The quantitative estimate of drug-likeness (QED) is 0.764. The van der Waals surface area contributed by atoms with Crippen LogP contribution in [0.5, 0.6) is 5.75 Å². The molecule has 1 nitrogen and oxygen atoms in total. The standard InChI is InChI=1S/C10H12F2OS/c1-7-2-3-8(4-5-14)6-9(7)13-10(11)12/h2-3,6,10,14H,4-5H2,1H3. The van der Waals surface area contributed by atoms with Gasteiger partial charge in [0.15, 0.2) is 0 Å². The van der Waals surface area contributed by atoms with E-state index >= 15 is 0 Å². The van der Waals surface area contributed by atoms with Crippen LogP contribution in [0.15, 0.2) is 18.2 Å². The van der Waals surface area contributed by atoms with Crippen LogP contribution in [0, 0.1) is 6.92 Å². The lowest BCUT2D eigenvalue weighted by atomic mass is 10.1. The van der Waals surface area contributed by atoms with Crippen LogP contribution in [-0.2, 0) is 6.42 Å². The van der Waals surface area contributed by atoms with Crippen molar-refractivity contribution >= 4 is 12.6 Å². The summed E-state index contributed by atoms with van der Waals surface area (Å²) in [7, 11) is 0. The minimum Gasteiger partial charge on any atom is -0.435 e. The minimum absolute atomic E-state index is 0.249. The number of aryl methyl sites for hydroxylation is 2. The van der Waals surface area contributed by atoms with E-state index in [0.717, 1.165) is 12.0 Å². The molecule has 0 saturated carbocycles. The Kier molecular flexibility index (Phi) is 4.20. The summed E-state index contributed by atoms with van der Waals surface area (Å²) >= 11 is 4.07. The maximum Gasteiger partial charge on any atom is 0.387 e. The monoisotopic (exact) mass is 218 g/mol. The first kappa shape index (κ1) is 11.3. The van der Waals surface area contributed by atoms with Crippen LogP contribution in [-0.4, -0.2) is 12.4 Å². The van der Waals surface area contributed by atoms with Gasteiger partial charge in [-0.25, -0.2) is 0 Å². The van der Waals surface area contributed by atoms with Crippen LogP contribution in [0.3, 0.4) is 0 Å². The predicted octanol–water partition coefficient (Wildman–Crippen LogP) is 3.07. The number of halogens is 2. The summed E-state index contributed by atoms with van der Waals surface area (Å²) in [6.45, 7) is -1.03. The van der Waals surface area contributed by atoms with Gasteiger partial charge in [0.05, 0.1) is 0 Å². The lowest BCUT2D eigenvalue weighted by Gasteiger charge is -2.09. The van der Waals surface area contributed by atoms with Crippen molar-refractivity contribution < 1.29 is 13.5 Å². The highest BCUT2D eigenvalue weighted by Crippen LogP contribution is 2.21. The molecule has 1 aromatic carbocycles. The molecule has 0 aromatic heterocycles. The van der Waals surface area contributed by atoms with E-state index in [1.54, 1.807) is 19.1 Å². The molecule has 0 N–H and O–H groups in total. The Balaban J connectivity index is 2.84. The molecular formula is C10H12F2OS. The van der Waals surface area contributed by atoms with E-state index < -0.39 is 6.61 Å². The molecule has 0 fully saturated rings. The normalized spacial score (nSPS) is 10.6. The molecule has 0 amide bonds. The van der Waals surface area contributed by atoms with E-state index in [-0.39, 0.29) is 5.75 Å². The van der Waals surface area contributed by atoms with Gasteiger partial charge in [-0.15, -0.1) is 0 Å². The Morgan fingerprint density at radius 3 is 2.71 bits per heavy atom. The Hall–Kier alpha value is -0.770. The SMILES string of the molecule is Cc1ccc(CCS)cc1OC(F)F. The molecular weight excluding hydrogens is 206 g/mol. The third-order valence-electron chi connectivity index (χ3n) is 1.87. The van der Waals surface area contributed by atoms with Crippen molar-refractivity contribution in [2.45, 2.75) is 20.0 Å². The fourth-order valence-corrected chi connectivity index (χ4v) is 1.41. The van der Waals surface area contributed by atoms with Crippen LogP contribution >= 0.6 is 12.6 Å². The van der Waals surface area contributed by atoms with Gasteiger partial charge < -0.3 is 4.74 Å². The van der Waals surface area contributed by atoms with Crippen LogP contribution in [0.1, 0.15) is 11.1 Å². The van der Waals surface area contributed by atoms with Gasteiger partial charge in [0, 0.05) is 0 Å². The first-order valence-electron chi connectivity index (χ1n) is 4.28. The number of benzene rings is 1. The zero-order chi connectivity index (χ0) is 10.6. The highest BCUT2D eigenvalue weighted by Gasteiger charge is 2.07. The second kappa shape index (κ2) is 5.20. The maximum absolute atomic E-state index is 12.0. The topological polar surface area (TPSA) is 9.23 Å². The molecule has 0 bridgehead atoms. The lowest BCUT2D eigenvalue weighted by Crippen LogP contribution is -2.03. The summed E-state index contributed by atoms with van der Waals surface area (Å²) in [5, 5.41) is 0. The molecule has 0 unspecified atom stereocenters. The number of thiol groups is 1. The molecule has 14 heavy (non-hydrogen) atoms. The van der Waals surface area contributed by atoms with Crippen LogP contribution in [0.4, 0.5) is 8.78 Å². The summed E-state index contributed by atoms with van der Waals surface area (Å²) in [6, 6.07) is 5.30. The van der Waals surface area contributed by atoms with Crippen molar-refractivity contribution in [3.63, 3.8) is 0 Å². The van der Waals surface area contributed by atoms with Gasteiger partial charge >= 0.3 is 6.61 Å². The van der Waals surface area contributed by atoms with Gasteiger partial charge in [-0.3, -0.25) is 0 Å². The third-order valence-corrected chi connectivity index (χ3v) is 2.09. The first-order valence-corrected chi connectivity index (χ1v) is 4.92. The second-order valence-corrected chi connectivity index (χ2v) is 3.40. The first-order chi connectivity index (χ1) is 6.63. The second-order valence-electron chi connectivity index (χ2n) is 2.95. The van der Waals surface area contributed by atoms with E-state index in [1.807, 2.05) is 6.07 Å². The highest BCUT2D eigenvalue weighted by atomic mass is 32.1. The molecule has 78 valence electrons. The van der Waals surface area contributed by atoms with Crippen molar-refractivity contribution in [2.75, 3.05) is 5.75 Å². The minimum atomic E-state index is -2.76. The fraction of sp³-hybridized carbons (Fsp3) is 0.400. The average molecular weight is 218 g/mol. The summed E-state index contributed by atoms with van der Waals surface area (Å²) in [6.07, 6.45) is 0.753. The van der Waals surface area contributed by atoms with E-state index in [2.05, 4.69) is 17.4 Å². The summed E-state index contributed by atoms with van der Waals surface area (Å²) in [4.78, 5) is 0. The maximum atomic E-state index is 12.0. The van der Waals surface area contributed by atoms with Gasteiger partial charge in [0.2, 0.25) is 0 Å². The van der Waals surface area contributed by atoms with Crippen molar-refractivity contribution in [1.29, 1.82) is 0 Å². The smallest absolute Gasteiger partial charge is 0.387 e. The molecule has 0 spiro atoms. The van der Waals surface area contributed by atoms with Crippen LogP contribution < -0.4 is 4.74 Å². The highest BCUT2D eigenvalue weighted by molar-refractivity contribution is 7.80. The number of alkyl halides is 2. The zero-order valence-corrected chi connectivity index (χ0v) is 8.73. The number of ether oxygens (including phenoxy) is 1. The predicted molar refractivity (Wildman–Crippen MR) is 55.4 cm³/mol. The molecule has 1 rings (SSSR count). The van der Waals surface area contributed by atoms with Crippen molar-refractivity contribution in [1.82, 2.24) is 0 Å². The largest absolute Gasteiger partial charge is 0.435 e. The molecule has 0 aliphatic heterocycles. The van der Waals surface area contributed by atoms with Gasteiger partial charge in [-0.1, -0.05) is 12.1 Å². The average Bonchev–Trinajstić information content (AvgIpc) is 2.10. The molecule has 4 heteroatoms. The van der Waals surface area contributed by atoms with E-state index in [4.69, 9.17) is 0 Å². The van der Waals surface area contributed by atoms with Crippen molar-refractivity contribution in [2.24, 2.45) is 0 Å². The summed E-state index contributed by atoms with van der Waals surface area (Å²) in [5.74, 6) is 0.941. The molecule has 0 aliphatic rings. The Morgan fingerprint density at radius 2 is 2.14 bits per heavy atom. The fourth-order valence-electron chi connectivity index (χ4n) is 1.15. The third kappa shape index (κ3) is 3.18. The molecule has 1 aromatic rings. The van der Waals surface area contributed by atoms with E-state index in [1.165, 1.54) is 0 Å². The number of hydrogen-bond donors (Lipinski definition) is 1. The Labute approximate surface area is 87.5 Å². The van der Waals surface area contributed by atoms with E-state index in [9.17, 15) is 8.78 Å². The molecule has 0 saturated heterocycles. The Bertz CT molecular complexity index is 302. The van der Waals surface area contributed by atoms with Gasteiger partial charge in [-0.05, 0) is 36.3 Å². The zero-order valence-electron chi connectivity index (χ0n) is 7.84. The van der Waals surface area contributed by atoms with E-state index in [0.29, 0.717) is 11.3 Å². The molecule has 0 heterocycles.